The number of amides is 1. The summed E-state index contributed by atoms with van der Waals surface area (Å²) in [5.74, 6) is -1.95. The van der Waals surface area contributed by atoms with E-state index in [9.17, 15) is 24.3 Å². The molecule has 0 aliphatic heterocycles. The van der Waals surface area contributed by atoms with Crippen LogP contribution in [-0.2, 0) is 9.59 Å². The van der Waals surface area contributed by atoms with Gasteiger partial charge in [0.1, 0.15) is 11.3 Å². The van der Waals surface area contributed by atoms with Crippen LogP contribution in [0.2, 0.25) is 0 Å². The van der Waals surface area contributed by atoms with Gasteiger partial charge in [0, 0.05) is 16.9 Å². The number of carbonyl (C=O) groups is 4. The van der Waals surface area contributed by atoms with Gasteiger partial charge >= 0.3 is 5.97 Å². The van der Waals surface area contributed by atoms with Crippen molar-refractivity contribution >= 4 is 45.6 Å². The molecule has 31 heavy (non-hydrogen) atoms. The van der Waals surface area contributed by atoms with Gasteiger partial charge in [-0.05, 0) is 5.92 Å². The van der Waals surface area contributed by atoms with Crippen LogP contribution in [0.15, 0.2) is 60.7 Å². The van der Waals surface area contributed by atoms with E-state index in [1.165, 1.54) is 0 Å². The summed E-state index contributed by atoms with van der Waals surface area (Å²) in [6.07, 6.45) is 0.569. The number of carbonyl (C=O) groups excluding carboxylic acids is 3. The third-order valence-electron chi connectivity index (χ3n) is 4.70. The number of carboxylic acid groups (broad SMARTS) is 1. The van der Waals surface area contributed by atoms with Gasteiger partial charge in [-0.2, -0.15) is 0 Å². The van der Waals surface area contributed by atoms with Gasteiger partial charge in [-0.25, -0.2) is 4.79 Å². The standard InChI is InChI=1S/C23H25NO5S2/c1-3-15(2)19(21(26)27)24-20(25)18(31-23(29)17-12-8-5-9-13-17)14-30-22(28)16-10-6-4-7-11-16/h4-13,15,18-19H,3,14H2,1-2H3,(H,24,25)(H,26,27)/t15?,18-,19?/m1/s1. The predicted octanol–water partition coefficient (Wildman–Crippen LogP) is 4.12. The summed E-state index contributed by atoms with van der Waals surface area (Å²) < 4.78 is 0. The van der Waals surface area contributed by atoms with Gasteiger partial charge in [-0.15, -0.1) is 0 Å². The molecule has 0 saturated carbocycles. The summed E-state index contributed by atoms with van der Waals surface area (Å²) in [6, 6.07) is 16.1. The molecular formula is C23H25NO5S2. The highest BCUT2D eigenvalue weighted by Gasteiger charge is 2.31. The minimum Gasteiger partial charge on any atom is -0.480 e. The monoisotopic (exact) mass is 459 g/mol. The summed E-state index contributed by atoms with van der Waals surface area (Å²) >= 11 is 1.73. The molecule has 2 rings (SSSR count). The Balaban J connectivity index is 2.15. The zero-order valence-electron chi connectivity index (χ0n) is 17.3. The highest BCUT2D eigenvalue weighted by atomic mass is 32.2. The second kappa shape index (κ2) is 12.3. The van der Waals surface area contributed by atoms with E-state index in [-0.39, 0.29) is 21.9 Å². The van der Waals surface area contributed by atoms with Gasteiger partial charge in [-0.3, -0.25) is 14.4 Å². The lowest BCUT2D eigenvalue weighted by molar-refractivity contribution is -0.143. The number of hydrogen-bond donors (Lipinski definition) is 2. The maximum Gasteiger partial charge on any atom is 0.326 e. The molecule has 1 amide bonds. The average Bonchev–Trinajstić information content (AvgIpc) is 2.80. The number of rotatable bonds is 10. The molecule has 0 aliphatic rings. The molecule has 0 saturated heterocycles. The Labute approximate surface area is 190 Å². The first kappa shape index (κ1) is 24.7. The lowest BCUT2D eigenvalue weighted by Gasteiger charge is -2.23. The van der Waals surface area contributed by atoms with Crippen LogP contribution in [0.1, 0.15) is 41.0 Å². The number of benzene rings is 2. The predicted molar refractivity (Wildman–Crippen MR) is 124 cm³/mol. The highest BCUT2D eigenvalue weighted by Crippen LogP contribution is 2.24. The van der Waals surface area contributed by atoms with Crippen LogP contribution in [0.4, 0.5) is 0 Å². The summed E-state index contributed by atoms with van der Waals surface area (Å²) in [4.78, 5) is 49.6. The summed E-state index contributed by atoms with van der Waals surface area (Å²) in [7, 11) is 0. The molecule has 2 N–H and O–H groups in total. The summed E-state index contributed by atoms with van der Waals surface area (Å²) in [5, 5.41) is 10.6. The van der Waals surface area contributed by atoms with E-state index in [2.05, 4.69) is 5.32 Å². The molecule has 164 valence electrons. The van der Waals surface area contributed by atoms with Gasteiger partial charge in [-0.1, -0.05) is 104 Å². The molecule has 0 radical (unpaired) electrons. The van der Waals surface area contributed by atoms with Gasteiger partial charge in [0.2, 0.25) is 16.1 Å². The van der Waals surface area contributed by atoms with E-state index in [0.717, 1.165) is 23.5 Å². The number of thioether (sulfide) groups is 2. The van der Waals surface area contributed by atoms with Crippen LogP contribution >= 0.6 is 23.5 Å². The van der Waals surface area contributed by atoms with Crippen molar-refractivity contribution in [1.82, 2.24) is 5.32 Å². The molecular weight excluding hydrogens is 434 g/mol. The second-order valence-electron chi connectivity index (χ2n) is 6.93. The first-order valence-corrected chi connectivity index (χ1v) is 11.7. The quantitative estimate of drug-likeness (QED) is 0.551. The zero-order chi connectivity index (χ0) is 22.8. The lowest BCUT2D eigenvalue weighted by atomic mass is 9.99. The third kappa shape index (κ3) is 7.56. The van der Waals surface area contributed by atoms with Crippen molar-refractivity contribution in [2.75, 3.05) is 5.75 Å². The van der Waals surface area contributed by atoms with Crippen molar-refractivity contribution in [2.45, 2.75) is 31.6 Å². The molecule has 0 aliphatic carbocycles. The van der Waals surface area contributed by atoms with Crippen molar-refractivity contribution in [1.29, 1.82) is 0 Å². The van der Waals surface area contributed by atoms with Crippen molar-refractivity contribution in [3.8, 4) is 0 Å². The molecule has 2 aromatic carbocycles. The van der Waals surface area contributed by atoms with E-state index < -0.39 is 23.2 Å². The van der Waals surface area contributed by atoms with E-state index >= 15 is 0 Å². The lowest BCUT2D eigenvalue weighted by Crippen LogP contribution is -2.48. The number of hydrogen-bond acceptors (Lipinski definition) is 6. The number of nitrogens with one attached hydrogen (secondary N) is 1. The van der Waals surface area contributed by atoms with E-state index in [0.29, 0.717) is 17.5 Å². The van der Waals surface area contributed by atoms with E-state index in [1.807, 2.05) is 6.92 Å². The topological polar surface area (TPSA) is 101 Å². The number of carboxylic acids is 1. The molecule has 8 heteroatoms. The highest BCUT2D eigenvalue weighted by molar-refractivity contribution is 8.18. The Hall–Kier alpha value is -2.58. The van der Waals surface area contributed by atoms with Gasteiger partial charge in [0.15, 0.2) is 0 Å². The van der Waals surface area contributed by atoms with Crippen molar-refractivity contribution in [3.63, 3.8) is 0 Å². The molecule has 2 unspecified atom stereocenters. The Kier molecular flexibility index (Phi) is 9.81. The summed E-state index contributed by atoms with van der Waals surface area (Å²) in [5.41, 5.74) is 0.926. The fourth-order valence-corrected chi connectivity index (χ4v) is 4.61. The maximum atomic E-state index is 12.9. The first-order valence-electron chi connectivity index (χ1n) is 9.84. The first-order chi connectivity index (χ1) is 14.8. The van der Waals surface area contributed by atoms with Crippen LogP contribution in [-0.4, -0.2) is 44.3 Å². The van der Waals surface area contributed by atoms with Crippen molar-refractivity contribution < 1.29 is 24.3 Å². The molecule has 2 aromatic rings. The molecule has 6 nitrogen and oxygen atoms in total. The largest absolute Gasteiger partial charge is 0.480 e. The molecule has 0 heterocycles. The Bertz CT molecular complexity index is 905. The second-order valence-corrected chi connectivity index (χ2v) is 9.10. The molecule has 0 fully saturated rings. The van der Waals surface area contributed by atoms with Crippen molar-refractivity contribution in [3.05, 3.63) is 71.8 Å². The SMILES string of the molecule is CCC(C)C(NC(=O)[C@@H](CSC(=O)c1ccccc1)SC(=O)c1ccccc1)C(=O)O. The molecule has 0 aromatic heterocycles. The average molecular weight is 460 g/mol. The normalized spacial score (nSPS) is 13.6. The van der Waals surface area contributed by atoms with Crippen LogP contribution in [0.5, 0.6) is 0 Å². The molecule has 0 bridgehead atoms. The minimum absolute atomic E-state index is 0.0373. The number of aliphatic carboxylic acids is 1. The van der Waals surface area contributed by atoms with E-state index in [1.54, 1.807) is 67.6 Å². The van der Waals surface area contributed by atoms with E-state index in [4.69, 9.17) is 0 Å². The Morgan fingerprint density at radius 1 is 0.903 bits per heavy atom. The smallest absolute Gasteiger partial charge is 0.326 e. The fourth-order valence-electron chi connectivity index (χ4n) is 2.67. The van der Waals surface area contributed by atoms with Crippen LogP contribution in [0, 0.1) is 5.92 Å². The minimum atomic E-state index is -1.13. The zero-order valence-corrected chi connectivity index (χ0v) is 18.9. The Morgan fingerprint density at radius 3 is 1.90 bits per heavy atom. The van der Waals surface area contributed by atoms with Gasteiger partial charge in [0.25, 0.3) is 0 Å². The van der Waals surface area contributed by atoms with Gasteiger partial charge < -0.3 is 10.4 Å². The van der Waals surface area contributed by atoms with Gasteiger partial charge in [0.05, 0.1) is 0 Å². The summed E-state index contributed by atoms with van der Waals surface area (Å²) in [6.45, 7) is 3.58. The molecule has 0 spiro atoms. The Morgan fingerprint density at radius 2 is 1.42 bits per heavy atom. The third-order valence-corrected chi connectivity index (χ3v) is 7.03. The maximum absolute atomic E-state index is 12.9. The molecule has 3 atom stereocenters. The fraction of sp³-hybridized carbons (Fsp3) is 0.304. The van der Waals surface area contributed by atoms with Crippen LogP contribution in [0.3, 0.4) is 0 Å². The van der Waals surface area contributed by atoms with Crippen molar-refractivity contribution in [2.24, 2.45) is 5.92 Å². The van der Waals surface area contributed by atoms with Crippen LogP contribution in [0.25, 0.3) is 0 Å². The van der Waals surface area contributed by atoms with Crippen LogP contribution < -0.4 is 5.32 Å².